The number of H-pyrrole nitrogens is 1. The number of hydrogen-bond acceptors (Lipinski definition) is 3. The zero-order chi connectivity index (χ0) is 11.7. The first-order chi connectivity index (χ1) is 8.33. The molecule has 1 fully saturated rings. The van der Waals surface area contributed by atoms with Crippen molar-refractivity contribution in [2.24, 2.45) is 0 Å². The molecule has 0 spiro atoms. The number of rotatable bonds is 3. The summed E-state index contributed by atoms with van der Waals surface area (Å²) in [6.07, 6.45) is 2.36. The molecular formula is C12H15N3OS. The van der Waals surface area contributed by atoms with Gasteiger partial charge in [0.05, 0.1) is 12.2 Å². The lowest BCUT2D eigenvalue weighted by Crippen LogP contribution is -2.31. The fourth-order valence-corrected chi connectivity index (χ4v) is 2.92. The molecule has 1 aliphatic rings. The summed E-state index contributed by atoms with van der Waals surface area (Å²) in [4.78, 5) is 11.8. The normalized spacial score (nSPS) is 19.9. The first-order valence-electron chi connectivity index (χ1n) is 5.89. The van der Waals surface area contributed by atoms with Gasteiger partial charge in [0, 0.05) is 23.1 Å². The van der Waals surface area contributed by atoms with Gasteiger partial charge in [-0.15, -0.1) is 0 Å². The molecule has 90 valence electrons. The fraction of sp³-hybridized carbons (Fsp3) is 0.417. The molecule has 4 nitrogen and oxygen atoms in total. The Morgan fingerprint density at radius 3 is 3.18 bits per heavy atom. The summed E-state index contributed by atoms with van der Waals surface area (Å²) in [7, 11) is 0. The fourth-order valence-electron chi connectivity index (χ4n) is 2.27. The van der Waals surface area contributed by atoms with Crippen LogP contribution in [0.15, 0.2) is 27.7 Å². The molecule has 0 saturated carbocycles. The second-order valence-electron chi connectivity index (χ2n) is 4.42. The van der Waals surface area contributed by atoms with Crippen LogP contribution in [0, 0.1) is 0 Å². The van der Waals surface area contributed by atoms with E-state index in [0.29, 0.717) is 6.04 Å². The number of nitrogens with one attached hydrogen (secondary N) is 2. The number of thiophene rings is 1. The van der Waals surface area contributed by atoms with Gasteiger partial charge in [0.15, 0.2) is 0 Å². The smallest absolute Gasteiger partial charge is 0.267 e. The van der Waals surface area contributed by atoms with E-state index in [1.54, 1.807) is 22.1 Å². The third-order valence-electron chi connectivity index (χ3n) is 3.19. The number of aromatic amines is 1. The molecule has 0 aromatic carbocycles. The summed E-state index contributed by atoms with van der Waals surface area (Å²) in [5, 5.41) is 10.6. The van der Waals surface area contributed by atoms with Crippen molar-refractivity contribution in [3.63, 3.8) is 0 Å². The molecule has 2 aromatic rings. The first-order valence-corrected chi connectivity index (χ1v) is 6.83. The lowest BCUT2D eigenvalue weighted by Gasteiger charge is -2.09. The topological polar surface area (TPSA) is 49.8 Å². The maximum Gasteiger partial charge on any atom is 0.267 e. The summed E-state index contributed by atoms with van der Waals surface area (Å²) in [6.45, 7) is 1.81. The number of aromatic nitrogens is 2. The van der Waals surface area contributed by atoms with Crippen LogP contribution in [0.3, 0.4) is 0 Å². The highest BCUT2D eigenvalue weighted by Gasteiger charge is 2.16. The van der Waals surface area contributed by atoms with Gasteiger partial charge in [-0.3, -0.25) is 14.6 Å². The van der Waals surface area contributed by atoms with Gasteiger partial charge in [-0.25, -0.2) is 0 Å². The average Bonchev–Trinajstić information content (AvgIpc) is 3.02. The Balaban J connectivity index is 1.83. The van der Waals surface area contributed by atoms with Crippen LogP contribution < -0.4 is 10.9 Å². The van der Waals surface area contributed by atoms with Gasteiger partial charge in [-0.05, 0) is 30.8 Å². The van der Waals surface area contributed by atoms with E-state index in [1.807, 2.05) is 16.8 Å². The molecule has 0 radical (unpaired) electrons. The standard InChI is InChI=1S/C12H15N3OS/c16-12-6-11(9-3-5-17-8-9)14-15(12)7-10-2-1-4-13-10/h3,5-6,8,10,13-14H,1-2,4,7H2. The van der Waals surface area contributed by atoms with Gasteiger partial charge in [-0.2, -0.15) is 11.3 Å². The molecule has 0 amide bonds. The third-order valence-corrected chi connectivity index (χ3v) is 3.87. The lowest BCUT2D eigenvalue weighted by molar-refractivity contribution is 0.468. The Bertz CT molecular complexity index is 534. The van der Waals surface area contributed by atoms with Crippen LogP contribution in [0.25, 0.3) is 11.3 Å². The molecule has 17 heavy (non-hydrogen) atoms. The molecular weight excluding hydrogens is 234 g/mol. The van der Waals surface area contributed by atoms with E-state index < -0.39 is 0 Å². The Hall–Kier alpha value is -1.33. The highest BCUT2D eigenvalue weighted by atomic mass is 32.1. The maximum atomic E-state index is 11.8. The third kappa shape index (κ3) is 2.21. The molecule has 0 bridgehead atoms. The SMILES string of the molecule is O=c1cc(-c2ccsc2)[nH]n1CC1CCCN1. The van der Waals surface area contributed by atoms with Gasteiger partial charge in [0.1, 0.15) is 0 Å². The van der Waals surface area contributed by atoms with E-state index in [0.717, 1.165) is 30.8 Å². The molecule has 1 saturated heterocycles. The quantitative estimate of drug-likeness (QED) is 0.869. The van der Waals surface area contributed by atoms with Crippen LogP contribution in [0.5, 0.6) is 0 Å². The van der Waals surface area contributed by atoms with E-state index in [2.05, 4.69) is 10.4 Å². The van der Waals surface area contributed by atoms with E-state index in [4.69, 9.17) is 0 Å². The van der Waals surface area contributed by atoms with Crippen LogP contribution in [-0.2, 0) is 6.54 Å². The number of hydrogen-bond donors (Lipinski definition) is 2. The number of nitrogens with zero attached hydrogens (tertiary/aromatic N) is 1. The molecule has 3 heterocycles. The second-order valence-corrected chi connectivity index (χ2v) is 5.20. The Morgan fingerprint density at radius 2 is 2.47 bits per heavy atom. The zero-order valence-electron chi connectivity index (χ0n) is 9.48. The Labute approximate surface area is 103 Å². The van der Waals surface area contributed by atoms with Crippen LogP contribution >= 0.6 is 11.3 Å². The van der Waals surface area contributed by atoms with Crippen LogP contribution in [-0.4, -0.2) is 22.4 Å². The molecule has 2 N–H and O–H groups in total. The minimum atomic E-state index is 0.0555. The summed E-state index contributed by atoms with van der Waals surface area (Å²) < 4.78 is 1.70. The minimum absolute atomic E-state index is 0.0555. The lowest BCUT2D eigenvalue weighted by atomic mass is 10.2. The molecule has 1 unspecified atom stereocenters. The average molecular weight is 249 g/mol. The van der Waals surface area contributed by atoms with Crippen molar-refractivity contribution in [3.05, 3.63) is 33.2 Å². The molecule has 1 atom stereocenters. The zero-order valence-corrected chi connectivity index (χ0v) is 10.3. The highest BCUT2D eigenvalue weighted by Crippen LogP contribution is 2.18. The van der Waals surface area contributed by atoms with Crippen LogP contribution in [0.4, 0.5) is 0 Å². The van der Waals surface area contributed by atoms with E-state index in [-0.39, 0.29) is 5.56 Å². The second kappa shape index (κ2) is 4.50. The van der Waals surface area contributed by atoms with Crippen LogP contribution in [0.1, 0.15) is 12.8 Å². The summed E-state index contributed by atoms with van der Waals surface area (Å²) >= 11 is 1.64. The Morgan fingerprint density at radius 1 is 1.53 bits per heavy atom. The van der Waals surface area contributed by atoms with Crippen molar-refractivity contribution in [2.45, 2.75) is 25.4 Å². The van der Waals surface area contributed by atoms with Crippen LogP contribution in [0.2, 0.25) is 0 Å². The first kappa shape index (κ1) is 10.8. The minimum Gasteiger partial charge on any atom is -0.312 e. The predicted molar refractivity (Wildman–Crippen MR) is 69.4 cm³/mol. The van der Waals surface area contributed by atoms with Crippen molar-refractivity contribution >= 4 is 11.3 Å². The van der Waals surface area contributed by atoms with Gasteiger partial charge in [0.25, 0.3) is 5.56 Å². The van der Waals surface area contributed by atoms with Crippen molar-refractivity contribution in [1.82, 2.24) is 15.1 Å². The van der Waals surface area contributed by atoms with E-state index in [9.17, 15) is 4.79 Å². The van der Waals surface area contributed by atoms with Crippen molar-refractivity contribution in [2.75, 3.05) is 6.54 Å². The monoisotopic (exact) mass is 249 g/mol. The summed E-state index contributed by atoms with van der Waals surface area (Å²) in [5.41, 5.74) is 2.05. The Kier molecular flexibility index (Phi) is 2.86. The molecule has 0 aliphatic carbocycles. The molecule has 3 rings (SSSR count). The van der Waals surface area contributed by atoms with Gasteiger partial charge in [0.2, 0.25) is 0 Å². The van der Waals surface area contributed by atoms with Crippen molar-refractivity contribution in [1.29, 1.82) is 0 Å². The van der Waals surface area contributed by atoms with Crippen molar-refractivity contribution in [3.8, 4) is 11.3 Å². The van der Waals surface area contributed by atoms with E-state index >= 15 is 0 Å². The largest absolute Gasteiger partial charge is 0.312 e. The van der Waals surface area contributed by atoms with Gasteiger partial charge < -0.3 is 5.32 Å². The van der Waals surface area contributed by atoms with E-state index in [1.165, 1.54) is 6.42 Å². The molecule has 5 heteroatoms. The predicted octanol–water partition coefficient (Wildman–Crippen LogP) is 1.66. The summed E-state index contributed by atoms with van der Waals surface area (Å²) in [6, 6.07) is 4.13. The summed E-state index contributed by atoms with van der Waals surface area (Å²) in [5.74, 6) is 0. The highest BCUT2D eigenvalue weighted by molar-refractivity contribution is 7.08. The molecule has 1 aliphatic heterocycles. The maximum absolute atomic E-state index is 11.8. The van der Waals surface area contributed by atoms with Crippen molar-refractivity contribution < 1.29 is 0 Å². The van der Waals surface area contributed by atoms with Gasteiger partial charge >= 0.3 is 0 Å². The molecule has 2 aromatic heterocycles. The van der Waals surface area contributed by atoms with Gasteiger partial charge in [-0.1, -0.05) is 0 Å².